The summed E-state index contributed by atoms with van der Waals surface area (Å²) in [5.41, 5.74) is 9.81. The zero-order valence-corrected chi connectivity index (χ0v) is 15.8. The third-order valence-corrected chi connectivity index (χ3v) is 0.167. The highest BCUT2D eigenvalue weighted by Crippen LogP contribution is 1.43. The SMILES string of the molecule is CC(=O)O.CC(=O)O.CC(=O)O.CC(=O)O.N.N.N.N.NCCN.O.O. The Balaban J connectivity index is -0.0000000114. The van der Waals surface area contributed by atoms with E-state index in [0.29, 0.717) is 13.1 Å². The van der Waals surface area contributed by atoms with Crippen LogP contribution < -0.4 is 36.1 Å². The average molecular weight is 404 g/mol. The zero-order valence-electron chi connectivity index (χ0n) is 15.8. The summed E-state index contributed by atoms with van der Waals surface area (Å²) in [5.74, 6) is -3.33. The summed E-state index contributed by atoms with van der Waals surface area (Å²) in [4.78, 5) is 36.0. The summed E-state index contributed by atoms with van der Waals surface area (Å²) < 4.78 is 0. The fourth-order valence-electron chi connectivity index (χ4n) is 0. The maximum Gasteiger partial charge on any atom is 0.300 e. The molecule has 0 aromatic heterocycles. The Morgan fingerprint density at radius 3 is 0.577 bits per heavy atom. The van der Waals surface area contributed by atoms with Gasteiger partial charge in [0.1, 0.15) is 0 Å². The molecule has 0 unspecified atom stereocenters. The van der Waals surface area contributed by atoms with Crippen LogP contribution in [-0.4, -0.2) is 68.3 Å². The molecule has 0 spiro atoms. The van der Waals surface area contributed by atoms with Gasteiger partial charge in [0, 0.05) is 40.8 Å². The van der Waals surface area contributed by atoms with E-state index in [2.05, 4.69) is 0 Å². The summed E-state index contributed by atoms with van der Waals surface area (Å²) >= 11 is 0. The normalized spacial score (nSPS) is 5.00. The Hall–Kier alpha value is -2.44. The average Bonchev–Trinajstić information content (AvgIpc) is 2.13. The van der Waals surface area contributed by atoms with Crippen molar-refractivity contribution < 1.29 is 50.6 Å². The Labute approximate surface area is 152 Å². The zero-order chi connectivity index (χ0) is 17.7. The predicted octanol–water partition coefficient (Wildman–Crippen LogP) is -1.73. The Morgan fingerprint density at radius 2 is 0.577 bits per heavy atom. The van der Waals surface area contributed by atoms with Gasteiger partial charge in [0.2, 0.25) is 0 Å². The molecule has 0 rings (SSSR count). The van der Waals surface area contributed by atoms with Gasteiger partial charge in [-0.1, -0.05) is 0 Å². The lowest BCUT2D eigenvalue weighted by Gasteiger charge is -1.72. The molecule has 0 bridgehead atoms. The predicted molar refractivity (Wildman–Crippen MR) is 98.7 cm³/mol. The van der Waals surface area contributed by atoms with E-state index in [4.69, 9.17) is 51.1 Å². The van der Waals surface area contributed by atoms with Crippen molar-refractivity contribution in [1.82, 2.24) is 24.6 Å². The van der Waals surface area contributed by atoms with Crippen LogP contribution in [0.4, 0.5) is 0 Å². The Kier molecular flexibility index (Phi) is 229. The van der Waals surface area contributed by atoms with E-state index in [-0.39, 0.29) is 35.6 Å². The first kappa shape index (κ1) is 76.0. The van der Waals surface area contributed by atoms with E-state index in [1.54, 1.807) is 0 Å². The van der Waals surface area contributed by atoms with Crippen molar-refractivity contribution >= 4 is 23.9 Å². The van der Waals surface area contributed by atoms with Gasteiger partial charge in [0.15, 0.2) is 0 Å². The number of rotatable bonds is 1. The summed E-state index contributed by atoms with van der Waals surface area (Å²) in [6.45, 7) is 5.53. The molecule has 0 aromatic rings. The molecule has 0 heterocycles. The number of carboxylic acid groups (broad SMARTS) is 4. The standard InChI is InChI=1S/C2H8N2.4C2H4O2.4H3N.2H2O/c3-1-2-4;4*1-2(3)4;;;;;;/h1-4H2;4*1H3,(H,3,4);4*1H3;2*1H2. The number of carbonyl (C=O) groups is 4. The molecule has 0 fully saturated rings. The van der Waals surface area contributed by atoms with Crippen LogP contribution >= 0.6 is 0 Å². The molecule has 170 valence electrons. The minimum atomic E-state index is -0.833. The van der Waals surface area contributed by atoms with Gasteiger partial charge in [-0.3, -0.25) is 19.2 Å². The first-order valence-corrected chi connectivity index (χ1v) is 5.03. The topological polar surface area (TPSA) is 404 Å². The van der Waals surface area contributed by atoms with Crippen molar-refractivity contribution in [3.8, 4) is 0 Å². The smallest absolute Gasteiger partial charge is 0.300 e. The van der Waals surface area contributed by atoms with Crippen molar-refractivity contribution in [1.29, 1.82) is 0 Å². The van der Waals surface area contributed by atoms with Crippen LogP contribution in [0, 0.1) is 0 Å². The number of aliphatic carboxylic acids is 4. The van der Waals surface area contributed by atoms with E-state index >= 15 is 0 Å². The van der Waals surface area contributed by atoms with Gasteiger partial charge in [0.05, 0.1) is 0 Å². The number of hydrogen-bond acceptors (Lipinski definition) is 10. The van der Waals surface area contributed by atoms with Crippen LogP contribution in [0.3, 0.4) is 0 Å². The molecule has 0 aliphatic heterocycles. The lowest BCUT2D eigenvalue weighted by Crippen LogP contribution is -2.11. The second-order valence-corrected chi connectivity index (χ2v) is 2.65. The Morgan fingerprint density at radius 1 is 0.538 bits per heavy atom. The van der Waals surface area contributed by atoms with Crippen LogP contribution in [0.25, 0.3) is 0 Å². The molecule has 0 saturated heterocycles. The molecule has 24 N–H and O–H groups in total. The lowest BCUT2D eigenvalue weighted by molar-refractivity contribution is -0.135. The van der Waals surface area contributed by atoms with Crippen molar-refractivity contribution in [3.05, 3.63) is 0 Å². The second-order valence-electron chi connectivity index (χ2n) is 2.65. The third-order valence-electron chi connectivity index (χ3n) is 0.167. The van der Waals surface area contributed by atoms with Gasteiger partial charge in [0.25, 0.3) is 23.9 Å². The monoisotopic (exact) mass is 404 g/mol. The van der Waals surface area contributed by atoms with Gasteiger partial charge in [-0.05, 0) is 0 Å². The molecule has 0 aromatic carbocycles. The van der Waals surface area contributed by atoms with E-state index in [1.807, 2.05) is 0 Å². The minimum absolute atomic E-state index is 0. The van der Waals surface area contributed by atoms with Crippen molar-refractivity contribution in [2.45, 2.75) is 27.7 Å². The molecule has 16 heteroatoms. The minimum Gasteiger partial charge on any atom is -0.481 e. The molecule has 0 aliphatic rings. The van der Waals surface area contributed by atoms with Gasteiger partial charge in [-0.15, -0.1) is 0 Å². The maximum absolute atomic E-state index is 9.00. The maximum atomic E-state index is 9.00. The van der Waals surface area contributed by atoms with Gasteiger partial charge < -0.3 is 67.4 Å². The van der Waals surface area contributed by atoms with Crippen LogP contribution in [0.2, 0.25) is 0 Å². The van der Waals surface area contributed by atoms with E-state index in [9.17, 15) is 0 Å². The first-order chi connectivity index (χ1) is 8.84. The second kappa shape index (κ2) is 78.5. The molecular weight excluding hydrogens is 364 g/mol. The quantitative estimate of drug-likeness (QED) is 0.232. The van der Waals surface area contributed by atoms with E-state index < -0.39 is 23.9 Å². The summed E-state index contributed by atoms with van der Waals surface area (Å²) in [6.07, 6.45) is 0. The van der Waals surface area contributed by atoms with Crippen LogP contribution in [0.1, 0.15) is 27.7 Å². The van der Waals surface area contributed by atoms with Crippen LogP contribution in [0.15, 0.2) is 0 Å². The summed E-state index contributed by atoms with van der Waals surface area (Å²) in [6, 6.07) is 0. The summed E-state index contributed by atoms with van der Waals surface area (Å²) in [5, 5.41) is 29.7. The highest BCUT2D eigenvalue weighted by Gasteiger charge is 1.66. The fourth-order valence-corrected chi connectivity index (χ4v) is 0. The summed E-state index contributed by atoms with van der Waals surface area (Å²) in [7, 11) is 0. The van der Waals surface area contributed by atoms with Crippen LogP contribution in [-0.2, 0) is 19.2 Å². The Bertz CT molecular complexity index is 203. The number of hydrogen-bond donors (Lipinski definition) is 10. The lowest BCUT2D eigenvalue weighted by atomic mass is 10.7. The number of carboxylic acids is 4. The fraction of sp³-hybridized carbons (Fsp3) is 0.600. The molecule has 26 heavy (non-hydrogen) atoms. The molecule has 0 saturated carbocycles. The molecule has 0 radical (unpaired) electrons. The largest absolute Gasteiger partial charge is 0.481 e. The van der Waals surface area contributed by atoms with Crippen molar-refractivity contribution in [3.63, 3.8) is 0 Å². The highest BCUT2D eigenvalue weighted by atomic mass is 16.4. The van der Waals surface area contributed by atoms with Crippen molar-refractivity contribution in [2.24, 2.45) is 11.5 Å². The molecule has 16 nitrogen and oxygen atoms in total. The third kappa shape index (κ3) is 4400. The molecule has 0 aliphatic carbocycles. The molecule has 0 amide bonds. The van der Waals surface area contributed by atoms with Crippen LogP contribution in [0.5, 0.6) is 0 Å². The van der Waals surface area contributed by atoms with Crippen molar-refractivity contribution in [2.75, 3.05) is 13.1 Å². The van der Waals surface area contributed by atoms with Gasteiger partial charge in [-0.25, -0.2) is 0 Å². The van der Waals surface area contributed by atoms with Gasteiger partial charge >= 0.3 is 0 Å². The molecule has 0 atom stereocenters. The first-order valence-electron chi connectivity index (χ1n) is 5.03. The number of nitrogens with two attached hydrogens (primary N) is 2. The molecular formula is C10H40N6O10. The van der Waals surface area contributed by atoms with E-state index in [1.165, 1.54) is 0 Å². The van der Waals surface area contributed by atoms with E-state index in [0.717, 1.165) is 27.7 Å². The van der Waals surface area contributed by atoms with Gasteiger partial charge in [-0.2, -0.15) is 0 Å². The highest BCUT2D eigenvalue weighted by molar-refractivity contribution is 5.63.